The number of phenolic OH excluding ortho intramolecular Hbond substituents is 1. The smallest absolute Gasteiger partial charge is 0.331 e. The lowest BCUT2D eigenvalue weighted by Gasteiger charge is -2.43. The molecule has 3 aliphatic rings. The number of hydrogen-bond donors (Lipinski definition) is 6. The molecule has 0 radical (unpaired) electrons. The van der Waals surface area contributed by atoms with Gasteiger partial charge in [0.15, 0.2) is 17.8 Å². The van der Waals surface area contributed by atoms with Crippen LogP contribution >= 0.6 is 0 Å². The van der Waals surface area contributed by atoms with E-state index >= 15 is 0 Å². The number of aliphatic hydroxyl groups excluding tert-OH is 4. The van der Waals surface area contributed by atoms with Crippen molar-refractivity contribution in [2.24, 2.45) is 11.8 Å². The maximum Gasteiger partial charge on any atom is 0.331 e. The van der Waals surface area contributed by atoms with E-state index in [0.29, 0.717) is 5.56 Å². The average Bonchev–Trinajstić information content (AvgIpc) is 3.13. The SMILES string of the molecule is COc1cc(/C=C/C(=O)O[C@@H]2C[C@](C)(O)[C@@H]3[C@H](O[C@@H]4O[C@H](CO)[C@@H](O)[C@H](O)[C@H]4O)OC=C[C@H]32)ccc1O. The summed E-state index contributed by atoms with van der Waals surface area (Å²) < 4.78 is 27.4. The molecule has 4 rings (SSSR count). The standard InChI is InChI=1S/C25H32O12/c1-25(32)10-16(35-18(28)6-4-12-3-5-14(27)15(9-12)33-2)13-7-8-34-23(19(13)25)37-24-22(31)21(30)20(29)17(11-26)36-24/h3-9,13,16-17,19-24,26-27,29-32H,10-11H2,1-2H3/b6-4+/t13-,16+,17+,19-,20+,21-,22+,23-,24-,25-/m0/s1. The molecule has 204 valence electrons. The topological polar surface area (TPSA) is 185 Å². The fourth-order valence-electron chi connectivity index (χ4n) is 5.04. The summed E-state index contributed by atoms with van der Waals surface area (Å²) in [6.07, 6.45) is -3.58. The van der Waals surface area contributed by atoms with Gasteiger partial charge in [-0.05, 0) is 36.8 Å². The molecule has 1 aromatic rings. The van der Waals surface area contributed by atoms with Crippen molar-refractivity contribution in [2.45, 2.75) is 62.0 Å². The quantitative estimate of drug-likeness (QED) is 0.197. The summed E-state index contributed by atoms with van der Waals surface area (Å²) in [6, 6.07) is 4.59. The molecule has 2 aliphatic heterocycles. The minimum absolute atomic E-state index is 0.0340. The fraction of sp³-hybridized carbons (Fsp3) is 0.560. The molecule has 2 fully saturated rings. The van der Waals surface area contributed by atoms with Gasteiger partial charge in [-0.1, -0.05) is 6.07 Å². The number of esters is 1. The van der Waals surface area contributed by atoms with E-state index in [9.17, 15) is 35.4 Å². The third-order valence-corrected chi connectivity index (χ3v) is 6.98. The Hall–Kier alpha value is -2.71. The summed E-state index contributed by atoms with van der Waals surface area (Å²) in [6.45, 7) is 0.922. The molecule has 12 heteroatoms. The predicted octanol–water partition coefficient (Wildman–Crippen LogP) is -0.601. The van der Waals surface area contributed by atoms with Crippen molar-refractivity contribution in [3.8, 4) is 11.5 Å². The Bertz CT molecular complexity index is 1020. The van der Waals surface area contributed by atoms with Gasteiger partial charge in [0, 0.05) is 18.4 Å². The zero-order valence-corrected chi connectivity index (χ0v) is 20.3. The van der Waals surface area contributed by atoms with Crippen LogP contribution < -0.4 is 4.74 Å². The first-order chi connectivity index (χ1) is 17.6. The van der Waals surface area contributed by atoms with Gasteiger partial charge >= 0.3 is 5.97 Å². The van der Waals surface area contributed by atoms with E-state index in [0.717, 1.165) is 0 Å². The third kappa shape index (κ3) is 5.60. The van der Waals surface area contributed by atoms with Crippen molar-refractivity contribution >= 4 is 12.0 Å². The van der Waals surface area contributed by atoms with Gasteiger partial charge in [0.2, 0.25) is 6.29 Å². The predicted molar refractivity (Wildman–Crippen MR) is 125 cm³/mol. The van der Waals surface area contributed by atoms with Crippen LogP contribution in [0.4, 0.5) is 0 Å². The largest absolute Gasteiger partial charge is 0.504 e. The van der Waals surface area contributed by atoms with Crippen molar-refractivity contribution in [3.63, 3.8) is 0 Å². The van der Waals surface area contributed by atoms with Crippen molar-refractivity contribution in [3.05, 3.63) is 42.2 Å². The lowest BCUT2D eigenvalue weighted by molar-refractivity contribution is -0.346. The first-order valence-corrected chi connectivity index (χ1v) is 11.8. The third-order valence-electron chi connectivity index (χ3n) is 6.98. The van der Waals surface area contributed by atoms with Gasteiger partial charge in [-0.15, -0.1) is 0 Å². The zero-order valence-electron chi connectivity index (χ0n) is 20.3. The van der Waals surface area contributed by atoms with Gasteiger partial charge < -0.3 is 54.3 Å². The van der Waals surface area contributed by atoms with Crippen LogP contribution in [0.1, 0.15) is 18.9 Å². The van der Waals surface area contributed by atoms with E-state index < -0.39 is 73.1 Å². The Balaban J connectivity index is 1.44. The lowest BCUT2D eigenvalue weighted by atomic mass is 9.85. The highest BCUT2D eigenvalue weighted by atomic mass is 16.8. The Morgan fingerprint density at radius 3 is 2.65 bits per heavy atom. The normalized spacial score (nSPS) is 39.3. The summed E-state index contributed by atoms with van der Waals surface area (Å²) in [4.78, 5) is 12.6. The van der Waals surface area contributed by atoms with E-state index in [4.69, 9.17) is 23.7 Å². The Labute approximate surface area is 212 Å². The van der Waals surface area contributed by atoms with Crippen LogP contribution in [0, 0.1) is 11.8 Å². The van der Waals surface area contributed by atoms with Crippen LogP contribution in [0.5, 0.6) is 11.5 Å². The lowest BCUT2D eigenvalue weighted by Crippen LogP contribution is -2.60. The molecular weight excluding hydrogens is 492 g/mol. The highest BCUT2D eigenvalue weighted by molar-refractivity contribution is 5.87. The second-order valence-corrected chi connectivity index (χ2v) is 9.57. The molecule has 0 aromatic heterocycles. The number of carbonyl (C=O) groups excluding carboxylic acids is 1. The summed E-state index contributed by atoms with van der Waals surface area (Å²) in [5, 5.41) is 60.6. The van der Waals surface area contributed by atoms with Gasteiger partial charge in [-0.25, -0.2) is 4.79 Å². The highest BCUT2D eigenvalue weighted by Gasteiger charge is 2.57. The molecule has 1 aromatic carbocycles. The van der Waals surface area contributed by atoms with Crippen LogP contribution in [-0.2, 0) is 23.7 Å². The number of rotatable bonds is 7. The molecule has 1 saturated heterocycles. The minimum Gasteiger partial charge on any atom is -0.504 e. The zero-order chi connectivity index (χ0) is 26.9. The Morgan fingerprint density at radius 2 is 1.95 bits per heavy atom. The highest BCUT2D eigenvalue weighted by Crippen LogP contribution is 2.48. The number of methoxy groups -OCH3 is 1. The van der Waals surface area contributed by atoms with Crippen molar-refractivity contribution in [2.75, 3.05) is 13.7 Å². The molecule has 2 heterocycles. The van der Waals surface area contributed by atoms with Crippen molar-refractivity contribution in [1.82, 2.24) is 0 Å². The number of aliphatic hydroxyl groups is 5. The summed E-state index contributed by atoms with van der Waals surface area (Å²) in [5.74, 6) is -1.69. The van der Waals surface area contributed by atoms with Crippen LogP contribution in [0.15, 0.2) is 36.6 Å². The van der Waals surface area contributed by atoms with Gasteiger partial charge in [-0.3, -0.25) is 0 Å². The van der Waals surface area contributed by atoms with Crippen molar-refractivity contribution in [1.29, 1.82) is 0 Å². The second-order valence-electron chi connectivity index (χ2n) is 9.57. The number of phenols is 1. The molecule has 0 amide bonds. The molecule has 0 bridgehead atoms. The van der Waals surface area contributed by atoms with E-state index in [1.54, 1.807) is 25.1 Å². The Morgan fingerprint density at radius 1 is 1.19 bits per heavy atom. The number of aromatic hydroxyl groups is 1. The van der Waals surface area contributed by atoms with Crippen LogP contribution in [0.2, 0.25) is 0 Å². The van der Waals surface area contributed by atoms with Gasteiger partial charge in [0.1, 0.15) is 30.5 Å². The molecule has 37 heavy (non-hydrogen) atoms. The average molecular weight is 525 g/mol. The number of carbonyl (C=O) groups is 1. The molecule has 0 spiro atoms. The van der Waals surface area contributed by atoms with E-state index in [1.807, 2.05) is 0 Å². The van der Waals surface area contributed by atoms with Crippen LogP contribution in [0.25, 0.3) is 6.08 Å². The first-order valence-electron chi connectivity index (χ1n) is 11.8. The molecule has 10 atom stereocenters. The number of ether oxygens (including phenoxy) is 5. The van der Waals surface area contributed by atoms with Gasteiger partial charge in [0.25, 0.3) is 0 Å². The first kappa shape index (κ1) is 27.3. The van der Waals surface area contributed by atoms with Crippen LogP contribution in [0.3, 0.4) is 0 Å². The van der Waals surface area contributed by atoms with Crippen molar-refractivity contribution < 1.29 is 59.1 Å². The maximum atomic E-state index is 12.6. The number of fused-ring (bicyclic) bond motifs is 1. The fourth-order valence-corrected chi connectivity index (χ4v) is 5.04. The maximum absolute atomic E-state index is 12.6. The summed E-state index contributed by atoms with van der Waals surface area (Å²) in [7, 11) is 1.41. The second kappa shape index (κ2) is 11.0. The molecular formula is C25H32O12. The number of hydrogen-bond acceptors (Lipinski definition) is 12. The van der Waals surface area contributed by atoms with E-state index in [-0.39, 0.29) is 17.9 Å². The van der Waals surface area contributed by atoms with Gasteiger partial charge in [0.05, 0.1) is 31.5 Å². The molecule has 0 unspecified atom stereocenters. The summed E-state index contributed by atoms with van der Waals surface area (Å²) in [5.41, 5.74) is -0.811. The summed E-state index contributed by atoms with van der Waals surface area (Å²) >= 11 is 0. The minimum atomic E-state index is -1.64. The molecule has 6 N–H and O–H groups in total. The number of benzene rings is 1. The monoisotopic (exact) mass is 524 g/mol. The van der Waals surface area contributed by atoms with Gasteiger partial charge in [-0.2, -0.15) is 0 Å². The van der Waals surface area contributed by atoms with E-state index in [1.165, 1.54) is 31.6 Å². The van der Waals surface area contributed by atoms with E-state index in [2.05, 4.69) is 0 Å². The molecule has 1 saturated carbocycles. The molecule has 12 nitrogen and oxygen atoms in total. The molecule has 1 aliphatic carbocycles. The van der Waals surface area contributed by atoms with Crippen LogP contribution in [-0.4, -0.2) is 99.0 Å². The Kier molecular flexibility index (Phi) is 8.09.